The van der Waals surface area contributed by atoms with Gasteiger partial charge < -0.3 is 10.8 Å². The number of azo groups is 1. The van der Waals surface area contributed by atoms with Crippen molar-refractivity contribution < 1.29 is 13.5 Å². The van der Waals surface area contributed by atoms with E-state index in [0.29, 0.717) is 11.3 Å². The van der Waals surface area contributed by atoms with Crippen molar-refractivity contribution in [2.75, 3.05) is 10.5 Å². The predicted octanol–water partition coefficient (Wildman–Crippen LogP) is 3.46. The van der Waals surface area contributed by atoms with Gasteiger partial charge in [-0.1, -0.05) is 42.5 Å². The number of H-pyrrole nitrogens is 1. The Kier molecular flexibility index (Phi) is 6.07. The highest BCUT2D eigenvalue weighted by Gasteiger charge is 2.19. The van der Waals surface area contributed by atoms with Crippen LogP contribution in [0.15, 0.2) is 98.8 Å². The summed E-state index contributed by atoms with van der Waals surface area (Å²) in [5.41, 5.74) is 6.67. The summed E-state index contributed by atoms with van der Waals surface area (Å²) in [5.74, 6) is -0.00751. The second-order valence-electron chi connectivity index (χ2n) is 6.98. The molecular weight excluding hydrogens is 444 g/mol. The SMILES string of the molecule is Nc1[nH]n(-c2ccccc2)c(=O)c1N=Nc1ccccc1S(=O)(=O)Nc1cccc(CO)c1. The van der Waals surface area contributed by atoms with Gasteiger partial charge in [0.15, 0.2) is 5.69 Å². The minimum Gasteiger partial charge on any atom is -0.392 e. The summed E-state index contributed by atoms with van der Waals surface area (Å²) in [6.45, 7) is -0.223. The van der Waals surface area contributed by atoms with Crippen molar-refractivity contribution in [1.29, 1.82) is 0 Å². The number of hydrogen-bond donors (Lipinski definition) is 4. The zero-order valence-corrected chi connectivity index (χ0v) is 18.0. The number of para-hydroxylation sites is 1. The molecule has 0 spiro atoms. The molecule has 168 valence electrons. The Balaban J connectivity index is 1.67. The van der Waals surface area contributed by atoms with Gasteiger partial charge in [0.25, 0.3) is 10.0 Å². The average Bonchev–Trinajstić information content (AvgIpc) is 3.11. The standard InChI is InChI=1S/C22H20N6O4S/c23-21-20(22(30)28(26-21)17-9-2-1-3-10-17)25-24-18-11-4-5-12-19(18)33(31,32)27-16-8-6-7-15(13-16)14-29/h1-13,26-27,29H,14,23H2. The molecule has 4 rings (SSSR count). The fourth-order valence-electron chi connectivity index (χ4n) is 3.11. The van der Waals surface area contributed by atoms with Gasteiger partial charge in [0.2, 0.25) is 0 Å². The van der Waals surface area contributed by atoms with Crippen LogP contribution in [0.25, 0.3) is 5.69 Å². The number of nitrogen functional groups attached to an aromatic ring is 1. The van der Waals surface area contributed by atoms with Crippen LogP contribution in [0.5, 0.6) is 0 Å². The van der Waals surface area contributed by atoms with Crippen molar-refractivity contribution >= 4 is 32.9 Å². The molecule has 3 aromatic carbocycles. The van der Waals surface area contributed by atoms with E-state index in [0.717, 1.165) is 0 Å². The Hall–Kier alpha value is -4.22. The van der Waals surface area contributed by atoms with Crippen molar-refractivity contribution in [3.63, 3.8) is 0 Å². The lowest BCUT2D eigenvalue weighted by Crippen LogP contribution is -2.14. The summed E-state index contributed by atoms with van der Waals surface area (Å²) in [6.07, 6.45) is 0. The summed E-state index contributed by atoms with van der Waals surface area (Å²) >= 11 is 0. The highest BCUT2D eigenvalue weighted by molar-refractivity contribution is 7.92. The monoisotopic (exact) mass is 464 g/mol. The van der Waals surface area contributed by atoms with Crippen LogP contribution in [0, 0.1) is 0 Å². The Morgan fingerprint density at radius 3 is 2.45 bits per heavy atom. The van der Waals surface area contributed by atoms with Crippen LogP contribution >= 0.6 is 0 Å². The number of benzene rings is 3. The Morgan fingerprint density at radius 1 is 0.970 bits per heavy atom. The molecular formula is C22H20N6O4S. The molecule has 0 saturated heterocycles. The molecule has 0 saturated carbocycles. The lowest BCUT2D eigenvalue weighted by molar-refractivity contribution is 0.282. The number of aromatic nitrogens is 2. The van der Waals surface area contributed by atoms with Crippen LogP contribution < -0.4 is 16.0 Å². The number of rotatable bonds is 7. The zero-order valence-electron chi connectivity index (χ0n) is 17.2. The third-order valence-electron chi connectivity index (χ3n) is 4.68. The molecule has 1 heterocycles. The molecule has 11 heteroatoms. The number of hydrogen-bond acceptors (Lipinski definition) is 7. The number of aliphatic hydroxyl groups excluding tert-OH is 1. The molecule has 0 amide bonds. The fraction of sp³-hybridized carbons (Fsp3) is 0.0455. The number of nitrogens with one attached hydrogen (secondary N) is 2. The highest BCUT2D eigenvalue weighted by atomic mass is 32.2. The van der Waals surface area contributed by atoms with Crippen molar-refractivity contribution in [2.24, 2.45) is 10.2 Å². The molecule has 1 aromatic heterocycles. The van der Waals surface area contributed by atoms with E-state index in [1.54, 1.807) is 54.6 Å². The smallest absolute Gasteiger partial charge is 0.301 e. The molecule has 0 unspecified atom stereocenters. The maximum absolute atomic E-state index is 13.0. The van der Waals surface area contributed by atoms with E-state index < -0.39 is 15.6 Å². The molecule has 10 nitrogen and oxygen atoms in total. The molecule has 5 N–H and O–H groups in total. The summed E-state index contributed by atoms with van der Waals surface area (Å²) in [7, 11) is -4.04. The molecule has 0 aliphatic heterocycles. The van der Waals surface area contributed by atoms with Crippen molar-refractivity contribution in [3.05, 3.63) is 94.8 Å². The third kappa shape index (κ3) is 4.68. The molecule has 0 atom stereocenters. The first-order chi connectivity index (χ1) is 15.9. The lowest BCUT2D eigenvalue weighted by Gasteiger charge is -2.10. The number of aliphatic hydroxyl groups is 1. The van der Waals surface area contributed by atoms with E-state index in [9.17, 15) is 18.3 Å². The van der Waals surface area contributed by atoms with E-state index >= 15 is 0 Å². The van der Waals surface area contributed by atoms with Gasteiger partial charge in [-0.2, -0.15) is 0 Å². The number of sulfonamides is 1. The van der Waals surface area contributed by atoms with E-state index in [1.165, 1.54) is 22.9 Å². The first-order valence-electron chi connectivity index (χ1n) is 9.78. The molecule has 0 fully saturated rings. The van der Waals surface area contributed by atoms with Crippen LogP contribution in [0.3, 0.4) is 0 Å². The van der Waals surface area contributed by atoms with Crippen LogP contribution in [-0.4, -0.2) is 23.3 Å². The largest absolute Gasteiger partial charge is 0.392 e. The van der Waals surface area contributed by atoms with Gasteiger partial charge in [-0.15, -0.1) is 10.2 Å². The predicted molar refractivity (Wildman–Crippen MR) is 125 cm³/mol. The van der Waals surface area contributed by atoms with Gasteiger partial charge in [0.1, 0.15) is 16.4 Å². The molecule has 33 heavy (non-hydrogen) atoms. The second-order valence-corrected chi connectivity index (χ2v) is 8.63. The molecule has 0 bridgehead atoms. The summed E-state index contributed by atoms with van der Waals surface area (Å²) in [4.78, 5) is 12.6. The van der Waals surface area contributed by atoms with E-state index in [4.69, 9.17) is 5.73 Å². The third-order valence-corrected chi connectivity index (χ3v) is 6.11. The molecule has 0 aliphatic rings. The first kappa shape index (κ1) is 22.0. The quantitative estimate of drug-likeness (QED) is 0.308. The minimum absolute atomic E-state index is 0.00751. The Morgan fingerprint density at radius 2 is 1.70 bits per heavy atom. The number of anilines is 2. The average molecular weight is 465 g/mol. The summed E-state index contributed by atoms with van der Waals surface area (Å²) < 4.78 is 29.7. The zero-order chi connectivity index (χ0) is 23.4. The molecule has 4 aromatic rings. The second kappa shape index (κ2) is 9.10. The summed E-state index contributed by atoms with van der Waals surface area (Å²) in [6, 6.07) is 21.1. The first-order valence-corrected chi connectivity index (χ1v) is 11.3. The topological polar surface area (TPSA) is 155 Å². The number of aromatic amines is 1. The van der Waals surface area contributed by atoms with E-state index in [-0.39, 0.29) is 34.4 Å². The molecule has 0 radical (unpaired) electrons. The molecule has 0 aliphatic carbocycles. The van der Waals surface area contributed by atoms with Crippen LogP contribution in [-0.2, 0) is 16.6 Å². The van der Waals surface area contributed by atoms with Gasteiger partial charge in [-0.3, -0.25) is 14.6 Å². The van der Waals surface area contributed by atoms with Gasteiger partial charge in [0, 0.05) is 5.69 Å². The van der Waals surface area contributed by atoms with Crippen molar-refractivity contribution in [2.45, 2.75) is 11.5 Å². The minimum atomic E-state index is -4.04. The summed E-state index contributed by atoms with van der Waals surface area (Å²) in [5, 5.41) is 19.9. The van der Waals surface area contributed by atoms with E-state index in [1.807, 2.05) is 6.07 Å². The van der Waals surface area contributed by atoms with Crippen LogP contribution in [0.1, 0.15) is 5.56 Å². The number of nitrogens with two attached hydrogens (primary N) is 1. The van der Waals surface area contributed by atoms with Crippen molar-refractivity contribution in [3.8, 4) is 5.69 Å². The normalized spacial score (nSPS) is 11.7. The van der Waals surface area contributed by atoms with Gasteiger partial charge in [-0.25, -0.2) is 13.1 Å². The Labute approximate surface area is 189 Å². The van der Waals surface area contributed by atoms with Crippen molar-refractivity contribution in [1.82, 2.24) is 9.78 Å². The maximum atomic E-state index is 13.0. The van der Waals surface area contributed by atoms with Gasteiger partial charge >= 0.3 is 5.56 Å². The van der Waals surface area contributed by atoms with Gasteiger partial charge in [0.05, 0.1) is 12.3 Å². The van der Waals surface area contributed by atoms with E-state index in [2.05, 4.69) is 20.0 Å². The highest BCUT2D eigenvalue weighted by Crippen LogP contribution is 2.28. The Bertz CT molecular complexity index is 1480. The number of nitrogens with zero attached hydrogens (tertiary/aromatic N) is 3. The fourth-order valence-corrected chi connectivity index (χ4v) is 4.30. The lowest BCUT2D eigenvalue weighted by atomic mass is 10.2. The van der Waals surface area contributed by atoms with Crippen LogP contribution in [0.4, 0.5) is 22.9 Å². The van der Waals surface area contributed by atoms with Crippen LogP contribution in [0.2, 0.25) is 0 Å². The van der Waals surface area contributed by atoms with Gasteiger partial charge in [-0.05, 0) is 42.0 Å². The maximum Gasteiger partial charge on any atom is 0.301 e.